The lowest BCUT2D eigenvalue weighted by molar-refractivity contribution is 0.537. The Morgan fingerprint density at radius 2 is 1.89 bits per heavy atom. The van der Waals surface area contributed by atoms with Gasteiger partial charge in [0, 0.05) is 15.9 Å². The van der Waals surface area contributed by atoms with E-state index >= 15 is 0 Å². The van der Waals surface area contributed by atoms with Crippen molar-refractivity contribution < 1.29 is 0 Å². The molecule has 2 atom stereocenters. The number of nitrogens with zero attached hydrogens (tertiary/aromatic N) is 1. The molecule has 2 rings (SSSR count). The Kier molecular flexibility index (Phi) is 4.38. The first-order valence-electron chi connectivity index (χ1n) is 6.21. The number of aliphatic imine (C=N–C) groups is 1. The molecule has 0 bridgehead atoms. The highest BCUT2D eigenvalue weighted by Gasteiger charge is 2.19. The zero-order chi connectivity index (χ0) is 13.3. The van der Waals surface area contributed by atoms with E-state index in [4.69, 9.17) is 4.99 Å². The van der Waals surface area contributed by atoms with Gasteiger partial charge in [-0.05, 0) is 49.9 Å². The normalized spacial score (nSPS) is 23.7. The van der Waals surface area contributed by atoms with Crippen molar-refractivity contribution in [3.05, 3.63) is 27.7 Å². The number of nitrogens with one attached hydrogen (secondary N) is 1. The van der Waals surface area contributed by atoms with Crippen molar-refractivity contribution in [1.82, 2.24) is 0 Å². The maximum atomic E-state index is 4.70. The van der Waals surface area contributed by atoms with Crippen molar-refractivity contribution in [2.45, 2.75) is 33.7 Å². The van der Waals surface area contributed by atoms with Gasteiger partial charge in [0.05, 0.1) is 6.04 Å². The lowest BCUT2D eigenvalue weighted by Gasteiger charge is -2.24. The van der Waals surface area contributed by atoms with Gasteiger partial charge >= 0.3 is 0 Å². The summed E-state index contributed by atoms with van der Waals surface area (Å²) in [5.41, 5.74) is 3.63. The molecule has 0 fully saturated rings. The Morgan fingerprint density at radius 1 is 1.28 bits per heavy atom. The molecule has 0 saturated heterocycles. The molecule has 0 radical (unpaired) electrons. The number of anilines is 1. The highest BCUT2D eigenvalue weighted by molar-refractivity contribution is 9.10. The Balaban J connectivity index is 2.18. The predicted molar refractivity (Wildman–Crippen MR) is 85.8 cm³/mol. The van der Waals surface area contributed by atoms with Gasteiger partial charge in [-0.3, -0.25) is 4.99 Å². The largest absolute Gasteiger partial charge is 0.335 e. The third kappa shape index (κ3) is 3.09. The molecule has 18 heavy (non-hydrogen) atoms. The van der Waals surface area contributed by atoms with Gasteiger partial charge in [-0.25, -0.2) is 0 Å². The smallest absolute Gasteiger partial charge is 0.161 e. The van der Waals surface area contributed by atoms with Gasteiger partial charge in [0.2, 0.25) is 0 Å². The van der Waals surface area contributed by atoms with Gasteiger partial charge in [0.15, 0.2) is 5.17 Å². The average Bonchev–Trinajstić information content (AvgIpc) is 2.31. The summed E-state index contributed by atoms with van der Waals surface area (Å²) in [6, 6.07) is 4.72. The first-order chi connectivity index (χ1) is 8.47. The molecule has 1 aliphatic heterocycles. The van der Waals surface area contributed by atoms with Crippen molar-refractivity contribution >= 4 is 38.5 Å². The number of amidine groups is 1. The fraction of sp³-hybridized carbons (Fsp3) is 0.500. The predicted octanol–water partition coefficient (Wildman–Crippen LogP) is 4.61. The van der Waals surface area contributed by atoms with E-state index in [0.29, 0.717) is 12.0 Å². The van der Waals surface area contributed by atoms with Crippen LogP contribution in [0.25, 0.3) is 0 Å². The van der Waals surface area contributed by atoms with Gasteiger partial charge in [-0.2, -0.15) is 0 Å². The molecule has 0 aromatic heterocycles. The molecule has 98 valence electrons. The van der Waals surface area contributed by atoms with Crippen LogP contribution < -0.4 is 5.32 Å². The molecule has 1 heterocycles. The Morgan fingerprint density at radius 3 is 2.44 bits per heavy atom. The Hall–Kier alpha value is -0.480. The topological polar surface area (TPSA) is 24.4 Å². The van der Waals surface area contributed by atoms with Crippen LogP contribution >= 0.6 is 27.7 Å². The number of hydrogen-bond acceptors (Lipinski definition) is 3. The molecule has 1 aliphatic rings. The summed E-state index contributed by atoms with van der Waals surface area (Å²) in [4.78, 5) is 4.70. The van der Waals surface area contributed by atoms with Crippen molar-refractivity contribution in [2.75, 3.05) is 11.1 Å². The molecule has 2 nitrogen and oxygen atoms in total. The van der Waals surface area contributed by atoms with Crippen LogP contribution in [0.4, 0.5) is 5.69 Å². The molecule has 1 aromatic rings. The van der Waals surface area contributed by atoms with Crippen molar-refractivity contribution in [3.8, 4) is 0 Å². The van der Waals surface area contributed by atoms with E-state index in [1.165, 1.54) is 15.6 Å². The number of hydrogen-bond donors (Lipinski definition) is 1. The third-order valence-electron chi connectivity index (χ3n) is 3.32. The second-order valence-electron chi connectivity index (χ2n) is 5.01. The van der Waals surface area contributed by atoms with Crippen molar-refractivity contribution in [2.24, 2.45) is 10.9 Å². The summed E-state index contributed by atoms with van der Waals surface area (Å²) < 4.78 is 1.19. The highest BCUT2D eigenvalue weighted by atomic mass is 79.9. The van der Waals surface area contributed by atoms with Gasteiger partial charge in [0.1, 0.15) is 0 Å². The quantitative estimate of drug-likeness (QED) is 0.815. The summed E-state index contributed by atoms with van der Waals surface area (Å²) in [5.74, 6) is 1.80. The molecule has 0 aliphatic carbocycles. The van der Waals surface area contributed by atoms with Crippen LogP contribution in [0.2, 0.25) is 0 Å². The molecule has 0 spiro atoms. The number of thioether (sulfide) groups is 1. The third-order valence-corrected chi connectivity index (χ3v) is 5.74. The number of aryl methyl sites for hydroxylation is 2. The maximum Gasteiger partial charge on any atom is 0.161 e. The monoisotopic (exact) mass is 326 g/mol. The van der Waals surface area contributed by atoms with E-state index < -0.39 is 0 Å². The van der Waals surface area contributed by atoms with Crippen LogP contribution in [-0.2, 0) is 0 Å². The van der Waals surface area contributed by atoms with Gasteiger partial charge in [-0.1, -0.05) is 34.6 Å². The molecular weight excluding hydrogens is 308 g/mol. The van der Waals surface area contributed by atoms with Crippen molar-refractivity contribution in [1.29, 1.82) is 0 Å². The molecule has 2 unspecified atom stereocenters. The lowest BCUT2D eigenvalue weighted by Crippen LogP contribution is -2.25. The molecule has 0 amide bonds. The average molecular weight is 327 g/mol. The molecule has 4 heteroatoms. The van der Waals surface area contributed by atoms with Crippen LogP contribution in [0.1, 0.15) is 25.0 Å². The standard InChI is InChI=1S/C14H19BrN2S/c1-8-5-12(6-9(2)13(8)15)17-14-16-11(4)10(3)7-18-14/h5-6,10-11H,7H2,1-4H3,(H,16,17). The van der Waals surface area contributed by atoms with E-state index in [-0.39, 0.29) is 0 Å². The van der Waals surface area contributed by atoms with E-state index in [1.807, 2.05) is 11.8 Å². The second kappa shape index (κ2) is 5.66. The Bertz CT molecular complexity index is 462. The summed E-state index contributed by atoms with van der Waals surface area (Å²) >= 11 is 5.41. The van der Waals surface area contributed by atoms with Crippen LogP contribution in [0, 0.1) is 19.8 Å². The number of rotatable bonds is 1. The molecule has 1 aromatic carbocycles. The Labute approximate surface area is 122 Å². The van der Waals surface area contributed by atoms with Crippen LogP contribution in [0.3, 0.4) is 0 Å². The van der Waals surface area contributed by atoms with Crippen LogP contribution in [-0.4, -0.2) is 17.0 Å². The lowest BCUT2D eigenvalue weighted by atomic mass is 10.1. The minimum Gasteiger partial charge on any atom is -0.335 e. The first-order valence-corrected chi connectivity index (χ1v) is 7.99. The number of benzene rings is 1. The summed E-state index contributed by atoms with van der Waals surface area (Å²) in [6.45, 7) is 8.67. The van der Waals surface area contributed by atoms with E-state index in [2.05, 4.69) is 61.1 Å². The molecule has 1 N–H and O–H groups in total. The van der Waals surface area contributed by atoms with E-state index in [1.54, 1.807) is 0 Å². The zero-order valence-corrected chi connectivity index (χ0v) is 13.7. The van der Waals surface area contributed by atoms with Gasteiger partial charge < -0.3 is 5.32 Å². The number of halogens is 1. The fourth-order valence-corrected chi connectivity index (χ4v) is 3.27. The first kappa shape index (κ1) is 13.9. The van der Waals surface area contributed by atoms with E-state index in [0.717, 1.165) is 16.6 Å². The summed E-state index contributed by atoms with van der Waals surface area (Å²) in [7, 11) is 0. The van der Waals surface area contributed by atoms with Crippen LogP contribution in [0.5, 0.6) is 0 Å². The zero-order valence-electron chi connectivity index (χ0n) is 11.2. The summed E-state index contributed by atoms with van der Waals surface area (Å²) in [6.07, 6.45) is 0. The fourth-order valence-electron chi connectivity index (χ4n) is 1.91. The molecule has 0 saturated carbocycles. The molecular formula is C14H19BrN2S. The van der Waals surface area contributed by atoms with Gasteiger partial charge in [0.25, 0.3) is 0 Å². The summed E-state index contributed by atoms with van der Waals surface area (Å²) in [5, 5.41) is 4.48. The SMILES string of the molecule is Cc1cc(NC2=NC(C)C(C)CS2)cc(C)c1Br. The van der Waals surface area contributed by atoms with Gasteiger partial charge in [-0.15, -0.1) is 0 Å². The second-order valence-corrected chi connectivity index (χ2v) is 6.81. The highest BCUT2D eigenvalue weighted by Crippen LogP contribution is 2.27. The minimum absolute atomic E-state index is 0.409. The van der Waals surface area contributed by atoms with E-state index in [9.17, 15) is 0 Å². The maximum absolute atomic E-state index is 4.70. The minimum atomic E-state index is 0.409. The van der Waals surface area contributed by atoms with Crippen LogP contribution in [0.15, 0.2) is 21.6 Å². The van der Waals surface area contributed by atoms with Crippen molar-refractivity contribution in [3.63, 3.8) is 0 Å².